The summed E-state index contributed by atoms with van der Waals surface area (Å²) in [6.45, 7) is 4.36. The first-order chi connectivity index (χ1) is 7.33. The third-order valence-corrected chi connectivity index (χ3v) is 2.49. The van der Waals surface area contributed by atoms with Crippen molar-refractivity contribution in [3.05, 3.63) is 35.9 Å². The van der Waals surface area contributed by atoms with E-state index in [1.807, 2.05) is 0 Å². The molecular weight excluding hydrogens is 184 g/mol. The minimum atomic E-state index is 1.06. The summed E-state index contributed by atoms with van der Waals surface area (Å²) in [7, 11) is 2.11. The van der Waals surface area contributed by atoms with E-state index in [9.17, 15) is 0 Å². The Morgan fingerprint density at radius 2 is 1.93 bits per heavy atom. The summed E-state index contributed by atoms with van der Waals surface area (Å²) >= 11 is 0. The van der Waals surface area contributed by atoms with Crippen LogP contribution < -0.4 is 5.43 Å². The molecule has 0 spiro atoms. The number of nitrogens with one attached hydrogen (secondary N) is 1. The summed E-state index contributed by atoms with van der Waals surface area (Å²) in [6.07, 6.45) is 3.60. The molecule has 0 fully saturated rings. The fourth-order valence-electron chi connectivity index (χ4n) is 1.47. The van der Waals surface area contributed by atoms with Gasteiger partial charge in [-0.05, 0) is 18.4 Å². The van der Waals surface area contributed by atoms with Gasteiger partial charge in [0, 0.05) is 20.1 Å². The van der Waals surface area contributed by atoms with Crippen LogP contribution in [0, 0.1) is 0 Å². The number of benzene rings is 1. The Kier molecular flexibility index (Phi) is 6.05. The molecule has 2 nitrogen and oxygen atoms in total. The highest BCUT2D eigenvalue weighted by Crippen LogP contribution is 1.99. The molecule has 0 saturated heterocycles. The molecule has 0 heterocycles. The van der Waals surface area contributed by atoms with Gasteiger partial charge in [0.25, 0.3) is 0 Å². The van der Waals surface area contributed by atoms with Crippen LogP contribution in [0.2, 0.25) is 0 Å². The summed E-state index contributed by atoms with van der Waals surface area (Å²) in [4.78, 5) is 0. The minimum Gasteiger partial charge on any atom is -0.255 e. The van der Waals surface area contributed by atoms with Gasteiger partial charge in [0.15, 0.2) is 0 Å². The second-order valence-corrected chi connectivity index (χ2v) is 3.92. The van der Waals surface area contributed by atoms with Crippen molar-refractivity contribution in [3.63, 3.8) is 0 Å². The third-order valence-electron chi connectivity index (χ3n) is 2.49. The molecule has 1 rings (SSSR count). The van der Waals surface area contributed by atoms with Crippen LogP contribution in [-0.4, -0.2) is 25.1 Å². The molecule has 0 bridgehead atoms. The summed E-state index contributed by atoms with van der Waals surface area (Å²) in [5.41, 5.74) is 4.79. The fourth-order valence-corrected chi connectivity index (χ4v) is 1.47. The molecule has 0 unspecified atom stereocenters. The highest BCUT2D eigenvalue weighted by Gasteiger charge is 1.97. The molecule has 0 saturated carbocycles. The second kappa shape index (κ2) is 7.43. The van der Waals surface area contributed by atoms with E-state index in [0.29, 0.717) is 0 Å². The zero-order valence-electron chi connectivity index (χ0n) is 9.87. The lowest BCUT2D eigenvalue weighted by Crippen LogP contribution is -2.36. The predicted octanol–water partition coefficient (Wildman–Crippen LogP) is 2.47. The molecule has 0 aromatic heterocycles. The van der Waals surface area contributed by atoms with Crippen molar-refractivity contribution >= 4 is 0 Å². The molecule has 0 aliphatic rings. The van der Waals surface area contributed by atoms with Crippen LogP contribution in [0.4, 0.5) is 0 Å². The molecule has 0 atom stereocenters. The van der Waals surface area contributed by atoms with Gasteiger partial charge in [0.05, 0.1) is 0 Å². The average Bonchev–Trinajstić information content (AvgIpc) is 2.28. The summed E-state index contributed by atoms with van der Waals surface area (Å²) in [6, 6.07) is 10.6. The quantitative estimate of drug-likeness (QED) is 0.544. The van der Waals surface area contributed by atoms with Gasteiger partial charge in [-0.3, -0.25) is 5.43 Å². The predicted molar refractivity (Wildman–Crippen MR) is 65.7 cm³/mol. The number of unbranched alkanes of at least 4 members (excludes halogenated alkanes) is 1. The first-order valence-electron chi connectivity index (χ1n) is 5.81. The van der Waals surface area contributed by atoms with E-state index in [0.717, 1.165) is 19.5 Å². The highest BCUT2D eigenvalue weighted by molar-refractivity contribution is 5.14. The maximum Gasteiger partial charge on any atom is 0.0168 e. The van der Waals surface area contributed by atoms with Gasteiger partial charge in [-0.1, -0.05) is 43.7 Å². The zero-order valence-corrected chi connectivity index (χ0v) is 9.87. The summed E-state index contributed by atoms with van der Waals surface area (Å²) in [5, 5.41) is 2.18. The Morgan fingerprint density at radius 1 is 1.20 bits per heavy atom. The summed E-state index contributed by atoms with van der Waals surface area (Å²) in [5.74, 6) is 0. The van der Waals surface area contributed by atoms with Gasteiger partial charge < -0.3 is 0 Å². The maximum absolute atomic E-state index is 3.39. The van der Waals surface area contributed by atoms with E-state index in [-0.39, 0.29) is 0 Å². The molecule has 1 aromatic carbocycles. The topological polar surface area (TPSA) is 15.3 Å². The second-order valence-electron chi connectivity index (χ2n) is 3.92. The molecule has 0 aliphatic carbocycles. The Balaban J connectivity index is 2.14. The number of hydrogen-bond acceptors (Lipinski definition) is 2. The van der Waals surface area contributed by atoms with Crippen LogP contribution in [0.25, 0.3) is 0 Å². The van der Waals surface area contributed by atoms with E-state index < -0.39 is 0 Å². The molecule has 0 amide bonds. The number of rotatable bonds is 7. The fraction of sp³-hybridized carbons (Fsp3) is 0.538. The van der Waals surface area contributed by atoms with Crippen LogP contribution in [0.5, 0.6) is 0 Å². The third kappa shape index (κ3) is 5.55. The van der Waals surface area contributed by atoms with Crippen LogP contribution >= 0.6 is 0 Å². The van der Waals surface area contributed by atoms with Gasteiger partial charge in [-0.15, -0.1) is 0 Å². The number of nitrogens with zero attached hydrogens (tertiary/aromatic N) is 1. The van der Waals surface area contributed by atoms with E-state index in [2.05, 4.69) is 54.7 Å². The van der Waals surface area contributed by atoms with Gasteiger partial charge in [-0.25, -0.2) is 5.01 Å². The van der Waals surface area contributed by atoms with E-state index in [1.165, 1.54) is 18.4 Å². The van der Waals surface area contributed by atoms with Gasteiger partial charge in [-0.2, -0.15) is 0 Å². The highest BCUT2D eigenvalue weighted by atomic mass is 15.5. The van der Waals surface area contributed by atoms with E-state index in [4.69, 9.17) is 0 Å². The first-order valence-corrected chi connectivity index (χ1v) is 5.81. The smallest absolute Gasteiger partial charge is 0.0168 e. The molecule has 2 heteroatoms. The Labute approximate surface area is 93.3 Å². The Bertz CT molecular complexity index is 246. The first kappa shape index (κ1) is 12.2. The standard InChI is InChI=1S/C13H22N2/c1-3-4-11-14-15(2)12-10-13-8-6-5-7-9-13/h5-9,14H,3-4,10-12H2,1-2H3. The van der Waals surface area contributed by atoms with Gasteiger partial charge >= 0.3 is 0 Å². The molecule has 15 heavy (non-hydrogen) atoms. The lowest BCUT2D eigenvalue weighted by Gasteiger charge is -2.17. The van der Waals surface area contributed by atoms with Gasteiger partial charge in [0.1, 0.15) is 0 Å². The summed E-state index contributed by atoms with van der Waals surface area (Å²) < 4.78 is 0. The molecule has 0 radical (unpaired) electrons. The van der Waals surface area contributed by atoms with Crippen molar-refractivity contribution in [1.82, 2.24) is 10.4 Å². The van der Waals surface area contributed by atoms with Crippen LogP contribution in [-0.2, 0) is 6.42 Å². The largest absolute Gasteiger partial charge is 0.255 e. The number of hydrazine groups is 1. The van der Waals surface area contributed by atoms with Crippen molar-refractivity contribution in [2.45, 2.75) is 26.2 Å². The van der Waals surface area contributed by atoms with Crippen molar-refractivity contribution in [3.8, 4) is 0 Å². The SMILES string of the molecule is CCCCNN(C)CCc1ccccc1. The van der Waals surface area contributed by atoms with Crippen molar-refractivity contribution in [2.24, 2.45) is 0 Å². The number of hydrogen-bond donors (Lipinski definition) is 1. The van der Waals surface area contributed by atoms with Crippen LogP contribution in [0.1, 0.15) is 25.3 Å². The van der Waals surface area contributed by atoms with Crippen molar-refractivity contribution in [2.75, 3.05) is 20.1 Å². The monoisotopic (exact) mass is 206 g/mol. The molecular formula is C13H22N2. The molecule has 1 aromatic rings. The Morgan fingerprint density at radius 3 is 2.60 bits per heavy atom. The Hall–Kier alpha value is -0.860. The van der Waals surface area contributed by atoms with Gasteiger partial charge in [0.2, 0.25) is 0 Å². The molecule has 84 valence electrons. The normalized spacial score (nSPS) is 10.9. The van der Waals surface area contributed by atoms with Crippen LogP contribution in [0.15, 0.2) is 30.3 Å². The van der Waals surface area contributed by atoms with Crippen molar-refractivity contribution in [1.29, 1.82) is 0 Å². The molecule has 1 N–H and O–H groups in total. The maximum atomic E-state index is 3.39. The molecule has 0 aliphatic heterocycles. The number of likely N-dealkylation sites (N-methyl/N-ethyl adjacent to an activating group) is 1. The lowest BCUT2D eigenvalue weighted by atomic mass is 10.1. The van der Waals surface area contributed by atoms with Crippen molar-refractivity contribution < 1.29 is 0 Å². The van der Waals surface area contributed by atoms with E-state index in [1.54, 1.807) is 0 Å². The van der Waals surface area contributed by atoms with Crippen LogP contribution in [0.3, 0.4) is 0 Å². The lowest BCUT2D eigenvalue weighted by molar-refractivity contribution is 0.237. The minimum absolute atomic E-state index is 1.06. The average molecular weight is 206 g/mol. The van der Waals surface area contributed by atoms with E-state index >= 15 is 0 Å². The zero-order chi connectivity index (χ0) is 10.9.